The minimum atomic E-state index is 0.0364. The molecule has 0 saturated carbocycles. The molecule has 3 aromatic rings. The van der Waals surface area contributed by atoms with E-state index in [9.17, 15) is 0 Å². The molecule has 0 N–H and O–H groups in total. The van der Waals surface area contributed by atoms with Crippen molar-refractivity contribution in [2.75, 3.05) is 0 Å². The maximum Gasteiger partial charge on any atom is 0.256 e. The van der Waals surface area contributed by atoms with Gasteiger partial charge in [-0.05, 0) is 40.7 Å². The summed E-state index contributed by atoms with van der Waals surface area (Å²) >= 11 is 11.5. The van der Waals surface area contributed by atoms with Gasteiger partial charge in [-0.15, -0.1) is 0 Å². The Bertz CT molecular complexity index is 747. The first-order valence-corrected chi connectivity index (χ1v) is 7.12. The summed E-state index contributed by atoms with van der Waals surface area (Å²) in [7, 11) is 0. The van der Waals surface area contributed by atoms with Crippen molar-refractivity contribution in [2.45, 2.75) is 13.3 Å². The Morgan fingerprint density at radius 1 is 0.952 bits per heavy atom. The van der Waals surface area contributed by atoms with E-state index in [0.717, 1.165) is 17.5 Å². The number of nitrogens with zero attached hydrogens (tertiary/aromatic N) is 5. The zero-order valence-corrected chi connectivity index (χ0v) is 12.7. The van der Waals surface area contributed by atoms with Crippen LogP contribution in [0.1, 0.15) is 12.5 Å². The van der Waals surface area contributed by atoms with Gasteiger partial charge in [-0.25, -0.2) is 4.68 Å². The monoisotopic (exact) mass is 319 g/mol. The number of rotatable bonds is 3. The van der Waals surface area contributed by atoms with Crippen LogP contribution in [0.2, 0.25) is 10.6 Å². The number of aryl methyl sites for hydroxylation is 1. The molecule has 0 unspecified atom stereocenters. The van der Waals surface area contributed by atoms with Crippen molar-refractivity contribution < 1.29 is 0 Å². The highest BCUT2D eigenvalue weighted by molar-refractivity contribution is 6.31. The maximum atomic E-state index is 5.77. The van der Waals surface area contributed by atoms with Gasteiger partial charge in [0.15, 0.2) is 0 Å². The van der Waals surface area contributed by atoms with Gasteiger partial charge in [0.05, 0.1) is 6.20 Å². The van der Waals surface area contributed by atoms with Crippen LogP contribution >= 0.6 is 23.2 Å². The van der Waals surface area contributed by atoms with E-state index in [2.05, 4.69) is 51.2 Å². The van der Waals surface area contributed by atoms with Crippen molar-refractivity contribution in [3.8, 4) is 17.1 Å². The van der Waals surface area contributed by atoms with E-state index in [0.29, 0.717) is 0 Å². The molecule has 0 aliphatic rings. The number of hydrogen-bond acceptors (Lipinski definition) is 4. The largest absolute Gasteiger partial charge is 0.256 e. The fourth-order valence-corrected chi connectivity index (χ4v) is 2.29. The van der Waals surface area contributed by atoms with Gasteiger partial charge >= 0.3 is 0 Å². The molecule has 1 aromatic carbocycles. The smallest absolute Gasteiger partial charge is 0.205 e. The average Bonchev–Trinajstić information content (AvgIpc) is 2.96. The lowest BCUT2D eigenvalue weighted by molar-refractivity contribution is 0.795. The molecule has 3 rings (SSSR count). The molecule has 0 spiro atoms. The minimum absolute atomic E-state index is 0.0364. The van der Waals surface area contributed by atoms with Gasteiger partial charge < -0.3 is 0 Å². The molecule has 106 valence electrons. The molecule has 0 saturated heterocycles. The molecule has 0 amide bonds. The molecule has 0 fully saturated rings. The summed E-state index contributed by atoms with van der Waals surface area (Å²) in [5.74, 6) is 0.288. The topological polar surface area (TPSA) is 56.5 Å². The summed E-state index contributed by atoms with van der Waals surface area (Å²) in [6.07, 6.45) is 4.58. The van der Waals surface area contributed by atoms with E-state index >= 15 is 0 Å². The van der Waals surface area contributed by atoms with Crippen LogP contribution in [0, 0.1) is 0 Å². The summed E-state index contributed by atoms with van der Waals surface area (Å²) in [6.45, 7) is 2.13. The van der Waals surface area contributed by atoms with Crippen molar-refractivity contribution in [3.05, 3.63) is 52.8 Å². The Balaban J connectivity index is 1.95. The zero-order valence-electron chi connectivity index (χ0n) is 11.2. The van der Waals surface area contributed by atoms with Crippen molar-refractivity contribution in [2.24, 2.45) is 0 Å². The van der Waals surface area contributed by atoms with Crippen LogP contribution in [0.5, 0.6) is 0 Å². The van der Waals surface area contributed by atoms with Gasteiger partial charge in [-0.2, -0.15) is 20.1 Å². The van der Waals surface area contributed by atoms with E-state index in [4.69, 9.17) is 23.2 Å². The summed E-state index contributed by atoms with van der Waals surface area (Å²) in [5.41, 5.74) is 3.33. The highest BCUT2D eigenvalue weighted by atomic mass is 35.5. The molecule has 0 aliphatic heterocycles. The normalized spacial score (nSPS) is 10.8. The van der Waals surface area contributed by atoms with Crippen LogP contribution in [-0.4, -0.2) is 24.7 Å². The summed E-state index contributed by atoms with van der Waals surface area (Å²) in [5, 5.41) is 4.31. The van der Waals surface area contributed by atoms with Gasteiger partial charge in [0.25, 0.3) is 5.95 Å². The van der Waals surface area contributed by atoms with Crippen molar-refractivity contribution in [3.63, 3.8) is 0 Å². The van der Waals surface area contributed by atoms with E-state index < -0.39 is 0 Å². The number of aromatic nitrogens is 5. The summed E-state index contributed by atoms with van der Waals surface area (Å²) in [4.78, 5) is 11.7. The average molecular weight is 320 g/mol. The van der Waals surface area contributed by atoms with E-state index in [1.165, 1.54) is 10.2 Å². The first-order valence-electron chi connectivity index (χ1n) is 6.37. The van der Waals surface area contributed by atoms with Gasteiger partial charge in [-0.1, -0.05) is 31.2 Å². The summed E-state index contributed by atoms with van der Waals surface area (Å²) in [6, 6.07) is 8.33. The molecule has 0 atom stereocenters. The van der Waals surface area contributed by atoms with Crippen LogP contribution in [0.4, 0.5) is 0 Å². The number of benzene rings is 1. The lowest BCUT2D eigenvalue weighted by atomic mass is 10.1. The van der Waals surface area contributed by atoms with Crippen LogP contribution in [-0.2, 0) is 6.42 Å². The first-order chi connectivity index (χ1) is 10.2. The van der Waals surface area contributed by atoms with Gasteiger partial charge in [0.1, 0.15) is 0 Å². The Hall–Kier alpha value is -1.98. The third-order valence-electron chi connectivity index (χ3n) is 3.05. The lowest BCUT2D eigenvalue weighted by Gasteiger charge is -2.00. The van der Waals surface area contributed by atoms with Gasteiger partial charge in [0, 0.05) is 11.8 Å². The standard InChI is InChI=1S/C14H11Cl2N5/c1-2-9-3-5-10(6-4-9)11-7-17-21(8-11)14-19-12(15)18-13(16)20-14/h3-8H,2H2,1H3. The Labute approximate surface area is 131 Å². The quantitative estimate of drug-likeness (QED) is 0.740. The van der Waals surface area contributed by atoms with Crippen molar-refractivity contribution in [1.82, 2.24) is 24.7 Å². The SMILES string of the molecule is CCc1ccc(-c2cnn(-c3nc(Cl)nc(Cl)n3)c2)cc1. The zero-order chi connectivity index (χ0) is 14.8. The van der Waals surface area contributed by atoms with Crippen LogP contribution < -0.4 is 0 Å². The molecule has 0 radical (unpaired) electrons. The third-order valence-corrected chi connectivity index (χ3v) is 3.39. The van der Waals surface area contributed by atoms with E-state index in [-0.39, 0.29) is 16.5 Å². The Morgan fingerprint density at radius 3 is 2.24 bits per heavy atom. The lowest BCUT2D eigenvalue weighted by Crippen LogP contribution is -2.03. The van der Waals surface area contributed by atoms with Crippen LogP contribution in [0.25, 0.3) is 17.1 Å². The fourth-order valence-electron chi connectivity index (χ4n) is 1.93. The predicted molar refractivity (Wildman–Crippen MR) is 81.8 cm³/mol. The third kappa shape index (κ3) is 3.04. The Morgan fingerprint density at radius 2 is 1.62 bits per heavy atom. The van der Waals surface area contributed by atoms with E-state index in [1.807, 2.05) is 6.20 Å². The minimum Gasteiger partial charge on any atom is -0.205 e. The molecule has 0 bridgehead atoms. The maximum absolute atomic E-state index is 5.77. The molecule has 0 aliphatic carbocycles. The van der Waals surface area contributed by atoms with Crippen LogP contribution in [0.3, 0.4) is 0 Å². The van der Waals surface area contributed by atoms with Crippen molar-refractivity contribution >= 4 is 23.2 Å². The highest BCUT2D eigenvalue weighted by Gasteiger charge is 2.08. The molecule has 2 heterocycles. The number of halogens is 2. The number of hydrogen-bond donors (Lipinski definition) is 0. The molecular weight excluding hydrogens is 309 g/mol. The van der Waals surface area contributed by atoms with Gasteiger partial charge in [-0.3, -0.25) is 0 Å². The first kappa shape index (κ1) is 14.0. The van der Waals surface area contributed by atoms with E-state index in [1.54, 1.807) is 6.20 Å². The van der Waals surface area contributed by atoms with Crippen LogP contribution in [0.15, 0.2) is 36.7 Å². The summed E-state index contributed by atoms with van der Waals surface area (Å²) < 4.78 is 1.52. The van der Waals surface area contributed by atoms with Gasteiger partial charge in [0.2, 0.25) is 10.6 Å². The molecule has 7 heteroatoms. The molecular formula is C14H11Cl2N5. The highest BCUT2D eigenvalue weighted by Crippen LogP contribution is 2.20. The second-order valence-electron chi connectivity index (χ2n) is 4.40. The molecule has 5 nitrogen and oxygen atoms in total. The second kappa shape index (κ2) is 5.79. The fraction of sp³-hybridized carbons (Fsp3) is 0.143. The molecule has 2 aromatic heterocycles. The predicted octanol–water partition coefficient (Wildman–Crippen LogP) is 3.59. The van der Waals surface area contributed by atoms with Crippen molar-refractivity contribution in [1.29, 1.82) is 0 Å². The molecule has 21 heavy (non-hydrogen) atoms. The Kier molecular flexibility index (Phi) is 3.86. The second-order valence-corrected chi connectivity index (χ2v) is 5.07.